The van der Waals surface area contributed by atoms with Crippen molar-refractivity contribution in [2.45, 2.75) is 39.5 Å². The molecule has 2 aromatic rings. The lowest BCUT2D eigenvalue weighted by Crippen LogP contribution is -2.49. The maximum absolute atomic E-state index is 12.1. The summed E-state index contributed by atoms with van der Waals surface area (Å²) in [4.78, 5) is 14.3. The predicted molar refractivity (Wildman–Crippen MR) is 102 cm³/mol. The number of thiophene rings is 1. The summed E-state index contributed by atoms with van der Waals surface area (Å²) in [6.07, 6.45) is 2.35. The third kappa shape index (κ3) is 3.04. The Morgan fingerprint density at radius 1 is 1.12 bits per heavy atom. The van der Waals surface area contributed by atoms with E-state index < -0.39 is 10.0 Å². The largest absolute Gasteiger partial charge is 0.353 e. The van der Waals surface area contributed by atoms with Gasteiger partial charge < -0.3 is 4.90 Å². The van der Waals surface area contributed by atoms with Crippen LogP contribution in [0.25, 0.3) is 10.2 Å². The van der Waals surface area contributed by atoms with Gasteiger partial charge in [-0.1, -0.05) is 0 Å². The molecule has 2 aliphatic rings. The van der Waals surface area contributed by atoms with Gasteiger partial charge in [-0.25, -0.2) is 18.4 Å². The van der Waals surface area contributed by atoms with Crippen molar-refractivity contribution in [1.29, 1.82) is 0 Å². The summed E-state index contributed by atoms with van der Waals surface area (Å²) in [5.74, 6) is 2.64. The minimum Gasteiger partial charge on any atom is -0.353 e. The van der Waals surface area contributed by atoms with Gasteiger partial charge in [-0.15, -0.1) is 11.3 Å². The fraction of sp³-hybridized carbons (Fsp3) is 0.647. The van der Waals surface area contributed by atoms with Gasteiger partial charge in [0.1, 0.15) is 16.5 Å². The second-order valence-corrected chi connectivity index (χ2v) is 10.4. The molecule has 4 rings (SSSR count). The molecule has 136 valence electrons. The smallest absolute Gasteiger partial charge is 0.213 e. The Kier molecular flexibility index (Phi) is 4.24. The van der Waals surface area contributed by atoms with Crippen molar-refractivity contribution < 1.29 is 8.42 Å². The Bertz CT molecular complexity index is 910. The van der Waals surface area contributed by atoms with E-state index in [-0.39, 0.29) is 5.75 Å². The molecule has 0 spiro atoms. The number of nitrogens with zero attached hydrogens (tertiary/aromatic N) is 4. The molecule has 0 radical (unpaired) electrons. The fourth-order valence-corrected chi connectivity index (χ4v) is 5.47. The van der Waals surface area contributed by atoms with Crippen LogP contribution in [0.15, 0.2) is 0 Å². The summed E-state index contributed by atoms with van der Waals surface area (Å²) in [6.45, 7) is 8.40. The van der Waals surface area contributed by atoms with Gasteiger partial charge in [0.15, 0.2) is 0 Å². The van der Waals surface area contributed by atoms with Gasteiger partial charge in [0.05, 0.1) is 11.1 Å². The van der Waals surface area contributed by atoms with Gasteiger partial charge >= 0.3 is 0 Å². The number of anilines is 1. The molecule has 0 atom stereocenters. The van der Waals surface area contributed by atoms with E-state index in [9.17, 15) is 8.42 Å². The maximum Gasteiger partial charge on any atom is 0.213 e. The van der Waals surface area contributed by atoms with Crippen molar-refractivity contribution in [3.63, 3.8) is 0 Å². The number of aromatic nitrogens is 2. The molecular weight excluding hydrogens is 356 g/mol. The van der Waals surface area contributed by atoms with Gasteiger partial charge in [-0.05, 0) is 39.2 Å². The number of piperazine rings is 1. The highest BCUT2D eigenvalue weighted by molar-refractivity contribution is 7.89. The van der Waals surface area contributed by atoms with Crippen LogP contribution in [0.5, 0.6) is 0 Å². The van der Waals surface area contributed by atoms with E-state index in [2.05, 4.69) is 18.7 Å². The normalized spacial score (nSPS) is 19.7. The van der Waals surface area contributed by atoms with Crippen molar-refractivity contribution >= 4 is 37.4 Å². The zero-order valence-corrected chi connectivity index (χ0v) is 16.6. The van der Waals surface area contributed by atoms with E-state index in [4.69, 9.17) is 9.97 Å². The van der Waals surface area contributed by atoms with Gasteiger partial charge in [-0.3, -0.25) is 0 Å². The molecule has 1 aliphatic heterocycles. The SMILES string of the molecule is CCS(=O)(=O)N1CCN(c2nc(C3CC3)nc3sc(C)c(C)c23)CC1. The highest BCUT2D eigenvalue weighted by Crippen LogP contribution is 2.42. The first-order chi connectivity index (χ1) is 11.9. The standard InChI is InChI=1S/C17H24N4O2S2/c1-4-25(22,23)21-9-7-20(8-10-21)16-14-11(2)12(3)24-17(14)19-15(18-16)13-5-6-13/h13H,4-10H2,1-3H3. The number of rotatable bonds is 4. The van der Waals surface area contributed by atoms with Crippen LogP contribution in [-0.4, -0.2) is 54.6 Å². The lowest BCUT2D eigenvalue weighted by Gasteiger charge is -2.35. The van der Waals surface area contributed by atoms with Crippen LogP contribution in [0.4, 0.5) is 5.82 Å². The van der Waals surface area contributed by atoms with Crippen molar-refractivity contribution in [2.75, 3.05) is 36.8 Å². The highest BCUT2D eigenvalue weighted by Gasteiger charge is 2.31. The van der Waals surface area contributed by atoms with Crippen molar-refractivity contribution in [1.82, 2.24) is 14.3 Å². The number of hydrogen-bond donors (Lipinski definition) is 0. The second kappa shape index (κ2) is 6.17. The zero-order chi connectivity index (χ0) is 17.8. The molecule has 3 heterocycles. The third-order valence-corrected chi connectivity index (χ3v) is 8.25. The fourth-order valence-electron chi connectivity index (χ4n) is 3.36. The minimum absolute atomic E-state index is 0.166. The first-order valence-electron chi connectivity index (χ1n) is 8.91. The number of hydrogen-bond acceptors (Lipinski definition) is 6. The number of sulfonamides is 1. The van der Waals surface area contributed by atoms with Crippen molar-refractivity contribution in [3.8, 4) is 0 Å². The average Bonchev–Trinajstić information content (AvgIpc) is 3.41. The zero-order valence-electron chi connectivity index (χ0n) is 14.9. The van der Waals surface area contributed by atoms with Crippen LogP contribution >= 0.6 is 11.3 Å². The van der Waals surface area contributed by atoms with Crippen LogP contribution in [0, 0.1) is 13.8 Å². The Hall–Kier alpha value is -1.25. The summed E-state index contributed by atoms with van der Waals surface area (Å²) in [7, 11) is -3.11. The van der Waals surface area contributed by atoms with Crippen LogP contribution in [0.2, 0.25) is 0 Å². The van der Waals surface area contributed by atoms with Crippen LogP contribution in [0.1, 0.15) is 41.9 Å². The Labute approximate surface area is 152 Å². The van der Waals surface area contributed by atoms with E-state index in [0.29, 0.717) is 32.1 Å². The molecule has 0 bridgehead atoms. The summed E-state index contributed by atoms with van der Waals surface area (Å²) >= 11 is 1.74. The molecule has 1 aliphatic carbocycles. The lowest BCUT2D eigenvalue weighted by molar-refractivity contribution is 0.384. The molecule has 2 aromatic heterocycles. The Morgan fingerprint density at radius 3 is 2.40 bits per heavy atom. The molecule has 0 amide bonds. The Balaban J connectivity index is 1.69. The summed E-state index contributed by atoms with van der Waals surface area (Å²) in [5.41, 5.74) is 1.25. The Morgan fingerprint density at radius 2 is 1.80 bits per heavy atom. The van der Waals surface area contributed by atoms with E-state index in [1.54, 1.807) is 22.6 Å². The summed E-state index contributed by atoms with van der Waals surface area (Å²) < 4.78 is 25.8. The molecule has 1 saturated heterocycles. The van der Waals surface area contributed by atoms with E-state index in [1.807, 2.05) is 0 Å². The van der Waals surface area contributed by atoms with Crippen LogP contribution in [-0.2, 0) is 10.0 Å². The van der Waals surface area contributed by atoms with Crippen LogP contribution < -0.4 is 4.90 Å². The second-order valence-electron chi connectivity index (χ2n) is 6.93. The van der Waals surface area contributed by atoms with Crippen molar-refractivity contribution in [2.24, 2.45) is 0 Å². The molecule has 1 saturated carbocycles. The van der Waals surface area contributed by atoms with Crippen LogP contribution in [0.3, 0.4) is 0 Å². The molecule has 25 heavy (non-hydrogen) atoms. The molecular formula is C17H24N4O2S2. The van der Waals surface area contributed by atoms with Gasteiger partial charge in [0.25, 0.3) is 0 Å². The average molecular weight is 381 g/mol. The molecule has 2 fully saturated rings. The quantitative estimate of drug-likeness (QED) is 0.816. The lowest BCUT2D eigenvalue weighted by atomic mass is 10.2. The van der Waals surface area contributed by atoms with Gasteiger partial charge in [0, 0.05) is 37.0 Å². The molecule has 0 unspecified atom stereocenters. The summed E-state index contributed by atoms with van der Waals surface area (Å²) in [6, 6.07) is 0. The molecule has 8 heteroatoms. The molecule has 0 N–H and O–H groups in total. The summed E-state index contributed by atoms with van der Waals surface area (Å²) in [5, 5.41) is 1.15. The van der Waals surface area contributed by atoms with Gasteiger partial charge in [0.2, 0.25) is 10.0 Å². The van der Waals surface area contributed by atoms with E-state index >= 15 is 0 Å². The first kappa shape index (κ1) is 17.2. The highest BCUT2D eigenvalue weighted by atomic mass is 32.2. The number of fused-ring (bicyclic) bond motifs is 1. The molecule has 6 nitrogen and oxygen atoms in total. The van der Waals surface area contributed by atoms with Gasteiger partial charge in [-0.2, -0.15) is 4.31 Å². The monoisotopic (exact) mass is 380 g/mol. The van der Waals surface area contributed by atoms with E-state index in [1.165, 1.54) is 23.3 Å². The number of aryl methyl sites for hydroxylation is 2. The topological polar surface area (TPSA) is 66.4 Å². The maximum atomic E-state index is 12.1. The van der Waals surface area contributed by atoms with E-state index in [0.717, 1.165) is 21.9 Å². The third-order valence-electron chi connectivity index (χ3n) is 5.27. The van der Waals surface area contributed by atoms with Crippen molar-refractivity contribution in [3.05, 3.63) is 16.3 Å². The molecule has 0 aromatic carbocycles. The minimum atomic E-state index is -3.11. The predicted octanol–water partition coefficient (Wildman–Crippen LogP) is 2.66. The first-order valence-corrected chi connectivity index (χ1v) is 11.3.